The molecule has 2 rings (SSSR count). The standard InChI is InChI=1S/C11H6Br2Cl2S/c12-6-1-2-7(9(15)5-6)10(13)11-8(14)3-4-16-11/h1-5,10H. The molecule has 0 amide bonds. The number of hydrogen-bond acceptors (Lipinski definition) is 1. The largest absolute Gasteiger partial charge is 0.146 e. The van der Waals surface area contributed by atoms with Crippen LogP contribution < -0.4 is 0 Å². The summed E-state index contributed by atoms with van der Waals surface area (Å²) >= 11 is 20.9. The third-order valence-corrected chi connectivity index (χ3v) is 5.61. The van der Waals surface area contributed by atoms with Gasteiger partial charge in [-0.2, -0.15) is 0 Å². The highest BCUT2D eigenvalue weighted by atomic mass is 79.9. The Balaban J connectivity index is 2.41. The van der Waals surface area contributed by atoms with Gasteiger partial charge >= 0.3 is 0 Å². The Morgan fingerprint density at radius 1 is 1.12 bits per heavy atom. The average Bonchev–Trinajstić information content (AvgIpc) is 2.63. The SMILES string of the molecule is Clc1cc(Br)ccc1C(Br)c1sccc1Cl. The molecule has 1 aromatic heterocycles. The molecule has 0 bridgehead atoms. The molecule has 0 saturated heterocycles. The Morgan fingerprint density at radius 3 is 2.44 bits per heavy atom. The Hall–Kier alpha value is 0.460. The molecule has 84 valence electrons. The van der Waals surface area contributed by atoms with Crippen LogP contribution in [0.25, 0.3) is 0 Å². The predicted molar refractivity (Wildman–Crippen MR) is 79.3 cm³/mol. The summed E-state index contributed by atoms with van der Waals surface area (Å²) in [5.41, 5.74) is 1.02. The molecule has 1 heterocycles. The number of halogens is 4. The second-order valence-electron chi connectivity index (χ2n) is 3.16. The minimum absolute atomic E-state index is 0.0422. The van der Waals surface area contributed by atoms with Crippen molar-refractivity contribution in [2.45, 2.75) is 4.83 Å². The third-order valence-electron chi connectivity index (χ3n) is 2.11. The van der Waals surface area contributed by atoms with Gasteiger partial charge in [0.1, 0.15) is 0 Å². The zero-order chi connectivity index (χ0) is 11.7. The number of hydrogen-bond donors (Lipinski definition) is 0. The first kappa shape index (κ1) is 12.9. The molecule has 0 saturated carbocycles. The van der Waals surface area contributed by atoms with E-state index in [0.29, 0.717) is 0 Å². The van der Waals surface area contributed by atoms with E-state index >= 15 is 0 Å². The summed E-state index contributed by atoms with van der Waals surface area (Å²) in [5, 5.41) is 3.46. The lowest BCUT2D eigenvalue weighted by atomic mass is 10.1. The number of rotatable bonds is 2. The highest BCUT2D eigenvalue weighted by Crippen LogP contribution is 2.41. The molecule has 0 aliphatic carbocycles. The maximum atomic E-state index is 6.20. The fraction of sp³-hybridized carbons (Fsp3) is 0.0909. The minimum atomic E-state index is 0.0422. The lowest BCUT2D eigenvalue weighted by molar-refractivity contribution is 1.22. The van der Waals surface area contributed by atoms with E-state index in [4.69, 9.17) is 23.2 Å². The summed E-state index contributed by atoms with van der Waals surface area (Å²) in [6, 6.07) is 7.73. The van der Waals surface area contributed by atoms with Crippen molar-refractivity contribution in [1.82, 2.24) is 0 Å². The van der Waals surface area contributed by atoms with E-state index in [1.165, 1.54) is 0 Å². The number of thiophene rings is 1. The van der Waals surface area contributed by atoms with Crippen LogP contribution in [0.5, 0.6) is 0 Å². The van der Waals surface area contributed by atoms with Crippen molar-refractivity contribution < 1.29 is 0 Å². The van der Waals surface area contributed by atoms with Gasteiger partial charge in [0, 0.05) is 14.4 Å². The molecular formula is C11H6Br2Cl2S. The van der Waals surface area contributed by atoms with E-state index in [9.17, 15) is 0 Å². The molecule has 0 radical (unpaired) electrons. The van der Waals surface area contributed by atoms with Crippen LogP contribution >= 0.6 is 66.4 Å². The molecule has 0 aliphatic rings. The van der Waals surface area contributed by atoms with Gasteiger partial charge in [-0.3, -0.25) is 0 Å². The smallest absolute Gasteiger partial charge is 0.0767 e. The van der Waals surface area contributed by atoms with E-state index in [1.54, 1.807) is 11.3 Å². The molecule has 1 atom stereocenters. The lowest BCUT2D eigenvalue weighted by Crippen LogP contribution is -1.91. The number of alkyl halides is 1. The molecular weight excluding hydrogens is 395 g/mol. The van der Waals surface area contributed by atoms with Crippen molar-refractivity contribution in [2.24, 2.45) is 0 Å². The quantitative estimate of drug-likeness (QED) is 0.519. The summed E-state index contributed by atoms with van der Waals surface area (Å²) in [6.45, 7) is 0. The van der Waals surface area contributed by atoms with Gasteiger partial charge in [-0.1, -0.05) is 61.1 Å². The highest BCUT2D eigenvalue weighted by Gasteiger charge is 2.17. The summed E-state index contributed by atoms with van der Waals surface area (Å²) in [5.74, 6) is 0. The van der Waals surface area contributed by atoms with Crippen LogP contribution in [0.3, 0.4) is 0 Å². The van der Waals surface area contributed by atoms with Gasteiger partial charge in [0.15, 0.2) is 0 Å². The van der Waals surface area contributed by atoms with E-state index < -0.39 is 0 Å². The fourth-order valence-corrected chi connectivity index (χ4v) is 4.51. The fourth-order valence-electron chi connectivity index (χ4n) is 1.33. The average molecular weight is 401 g/mol. The molecule has 2 aromatic rings. The zero-order valence-corrected chi connectivity index (χ0v) is 13.4. The van der Waals surface area contributed by atoms with E-state index in [0.717, 1.165) is 25.0 Å². The molecule has 0 aliphatic heterocycles. The van der Waals surface area contributed by atoms with Crippen molar-refractivity contribution in [3.8, 4) is 0 Å². The molecule has 1 unspecified atom stereocenters. The van der Waals surface area contributed by atoms with Crippen molar-refractivity contribution in [1.29, 1.82) is 0 Å². The van der Waals surface area contributed by atoms with Crippen LogP contribution in [0.2, 0.25) is 10.0 Å². The first-order valence-electron chi connectivity index (χ1n) is 4.41. The van der Waals surface area contributed by atoms with Gasteiger partial charge in [0.2, 0.25) is 0 Å². The van der Waals surface area contributed by atoms with Gasteiger partial charge < -0.3 is 0 Å². The van der Waals surface area contributed by atoms with Crippen LogP contribution in [-0.4, -0.2) is 0 Å². The van der Waals surface area contributed by atoms with Gasteiger partial charge in [0.05, 0.1) is 9.85 Å². The Morgan fingerprint density at radius 2 is 1.88 bits per heavy atom. The maximum Gasteiger partial charge on any atom is 0.0767 e. The normalized spacial score (nSPS) is 12.8. The molecule has 16 heavy (non-hydrogen) atoms. The zero-order valence-electron chi connectivity index (χ0n) is 7.88. The third kappa shape index (κ3) is 2.65. The van der Waals surface area contributed by atoms with Gasteiger partial charge in [0.25, 0.3) is 0 Å². The molecule has 0 N–H and O–H groups in total. The Bertz CT molecular complexity index is 510. The summed E-state index contributed by atoms with van der Waals surface area (Å²) in [6.07, 6.45) is 0. The summed E-state index contributed by atoms with van der Waals surface area (Å²) < 4.78 is 0.971. The lowest BCUT2D eigenvalue weighted by Gasteiger charge is -2.11. The first-order chi connectivity index (χ1) is 7.59. The maximum absolute atomic E-state index is 6.20. The number of benzene rings is 1. The summed E-state index contributed by atoms with van der Waals surface area (Å²) in [7, 11) is 0. The first-order valence-corrected chi connectivity index (χ1v) is 7.76. The Labute approximate surface area is 125 Å². The van der Waals surface area contributed by atoms with Gasteiger partial charge in [-0.15, -0.1) is 11.3 Å². The van der Waals surface area contributed by atoms with Crippen LogP contribution in [0.1, 0.15) is 15.3 Å². The predicted octanol–water partition coefficient (Wildman–Crippen LogP) is 6.30. The van der Waals surface area contributed by atoms with E-state index in [-0.39, 0.29) is 4.83 Å². The van der Waals surface area contributed by atoms with Gasteiger partial charge in [-0.25, -0.2) is 0 Å². The second-order valence-corrected chi connectivity index (χ2v) is 6.75. The van der Waals surface area contributed by atoms with Gasteiger partial charge in [-0.05, 0) is 29.1 Å². The molecule has 0 spiro atoms. The van der Waals surface area contributed by atoms with Crippen molar-refractivity contribution in [2.75, 3.05) is 0 Å². The molecule has 0 fully saturated rings. The van der Waals surface area contributed by atoms with Crippen molar-refractivity contribution in [3.63, 3.8) is 0 Å². The van der Waals surface area contributed by atoms with Crippen LogP contribution in [0, 0.1) is 0 Å². The summed E-state index contributed by atoms with van der Waals surface area (Å²) in [4.78, 5) is 1.12. The topological polar surface area (TPSA) is 0 Å². The van der Waals surface area contributed by atoms with Crippen LogP contribution in [-0.2, 0) is 0 Å². The molecule has 5 heteroatoms. The van der Waals surface area contributed by atoms with Crippen molar-refractivity contribution in [3.05, 3.63) is 54.6 Å². The second kappa shape index (κ2) is 5.40. The molecule has 1 aromatic carbocycles. The van der Waals surface area contributed by atoms with Crippen LogP contribution in [0.15, 0.2) is 34.1 Å². The minimum Gasteiger partial charge on any atom is -0.146 e. The van der Waals surface area contributed by atoms with E-state index in [2.05, 4.69) is 31.9 Å². The van der Waals surface area contributed by atoms with E-state index in [1.807, 2.05) is 29.6 Å². The van der Waals surface area contributed by atoms with Crippen LogP contribution in [0.4, 0.5) is 0 Å². The monoisotopic (exact) mass is 398 g/mol. The molecule has 0 nitrogen and oxygen atoms in total. The Kier molecular flexibility index (Phi) is 4.36. The highest BCUT2D eigenvalue weighted by molar-refractivity contribution is 9.10. The van der Waals surface area contributed by atoms with Crippen molar-refractivity contribution >= 4 is 66.4 Å².